The SMILES string of the molecule is CCOc1c(-c2cc(C(C)(C)C)cc(CCc3cc(C(C)(C)C)cc(-c4cc(F)cc(C(C)C)c4OCC)c3O)c2O)cc(F)cc1C(C)C. The van der Waals surface area contributed by atoms with E-state index in [1.807, 2.05) is 65.8 Å². The third-order valence-electron chi connectivity index (χ3n) is 9.34. The first-order valence-corrected chi connectivity index (χ1v) is 17.9. The van der Waals surface area contributed by atoms with Crippen LogP contribution in [0.25, 0.3) is 22.3 Å². The van der Waals surface area contributed by atoms with Gasteiger partial charge in [0.2, 0.25) is 0 Å². The molecule has 0 aliphatic heterocycles. The third kappa shape index (κ3) is 8.28. The molecule has 0 radical (unpaired) electrons. The van der Waals surface area contributed by atoms with Gasteiger partial charge in [0.15, 0.2) is 0 Å². The van der Waals surface area contributed by atoms with Gasteiger partial charge in [-0.05, 0) is 108 Å². The van der Waals surface area contributed by atoms with E-state index in [0.29, 0.717) is 70.9 Å². The van der Waals surface area contributed by atoms with Crippen molar-refractivity contribution < 1.29 is 28.5 Å². The van der Waals surface area contributed by atoms with E-state index in [0.717, 1.165) is 22.3 Å². The van der Waals surface area contributed by atoms with Crippen LogP contribution in [0.2, 0.25) is 0 Å². The van der Waals surface area contributed by atoms with Gasteiger partial charge < -0.3 is 19.7 Å². The summed E-state index contributed by atoms with van der Waals surface area (Å²) in [6, 6.07) is 13.8. The maximum absolute atomic E-state index is 15.2. The van der Waals surface area contributed by atoms with Crippen LogP contribution in [0.5, 0.6) is 23.0 Å². The van der Waals surface area contributed by atoms with Crippen LogP contribution in [-0.2, 0) is 23.7 Å². The Hall–Kier alpha value is -4.06. The Bertz CT molecular complexity index is 1710. The molecule has 0 aliphatic carbocycles. The molecule has 0 bridgehead atoms. The van der Waals surface area contributed by atoms with Crippen LogP contribution in [-0.4, -0.2) is 23.4 Å². The van der Waals surface area contributed by atoms with Crippen LogP contribution < -0.4 is 9.47 Å². The van der Waals surface area contributed by atoms with E-state index >= 15 is 8.78 Å². The van der Waals surface area contributed by atoms with Gasteiger partial charge in [-0.1, -0.05) is 81.4 Å². The summed E-state index contributed by atoms with van der Waals surface area (Å²) in [5.41, 5.74) is 6.27. The second kappa shape index (κ2) is 15.0. The van der Waals surface area contributed by atoms with Crippen molar-refractivity contribution >= 4 is 0 Å². The van der Waals surface area contributed by atoms with Gasteiger partial charge in [0, 0.05) is 33.4 Å². The average Bonchev–Trinajstić information content (AvgIpc) is 3.01. The predicted molar refractivity (Wildman–Crippen MR) is 202 cm³/mol. The molecule has 0 saturated carbocycles. The largest absolute Gasteiger partial charge is 0.507 e. The molecule has 0 spiro atoms. The summed E-state index contributed by atoms with van der Waals surface area (Å²) in [6.45, 7) is 25.2. The minimum absolute atomic E-state index is 0.00336. The van der Waals surface area contributed by atoms with Gasteiger partial charge in [0.25, 0.3) is 0 Å². The first kappa shape index (κ1) is 38.7. The van der Waals surface area contributed by atoms with Crippen molar-refractivity contribution in [1.82, 2.24) is 0 Å². The number of benzene rings is 4. The fourth-order valence-corrected chi connectivity index (χ4v) is 6.41. The summed E-state index contributed by atoms with van der Waals surface area (Å²) in [5, 5.41) is 23.8. The molecule has 0 fully saturated rings. The second-order valence-corrected chi connectivity index (χ2v) is 16.0. The van der Waals surface area contributed by atoms with Crippen LogP contribution in [0.1, 0.15) is 128 Å². The summed E-state index contributed by atoms with van der Waals surface area (Å²) in [6.07, 6.45) is 0.775. The molecule has 4 aromatic rings. The summed E-state index contributed by atoms with van der Waals surface area (Å²) in [4.78, 5) is 0. The number of ether oxygens (including phenoxy) is 2. The number of aryl methyl sites for hydroxylation is 2. The van der Waals surface area contributed by atoms with E-state index in [9.17, 15) is 10.2 Å². The number of hydrogen-bond donors (Lipinski definition) is 2. The maximum Gasteiger partial charge on any atom is 0.130 e. The lowest BCUT2D eigenvalue weighted by Crippen LogP contribution is -2.13. The lowest BCUT2D eigenvalue weighted by Gasteiger charge is -2.25. The van der Waals surface area contributed by atoms with E-state index in [4.69, 9.17) is 9.47 Å². The maximum atomic E-state index is 15.2. The fourth-order valence-electron chi connectivity index (χ4n) is 6.41. The van der Waals surface area contributed by atoms with E-state index in [1.165, 1.54) is 24.3 Å². The Morgan fingerprint density at radius 2 is 0.880 bits per heavy atom. The van der Waals surface area contributed by atoms with Gasteiger partial charge in [-0.3, -0.25) is 0 Å². The highest BCUT2D eigenvalue weighted by Crippen LogP contribution is 2.47. The number of halogens is 2. The lowest BCUT2D eigenvalue weighted by atomic mass is 9.81. The lowest BCUT2D eigenvalue weighted by molar-refractivity contribution is 0.335. The van der Waals surface area contributed by atoms with Gasteiger partial charge in [0.1, 0.15) is 34.6 Å². The van der Waals surface area contributed by atoms with E-state index < -0.39 is 11.6 Å². The van der Waals surface area contributed by atoms with Crippen LogP contribution in [0.4, 0.5) is 8.78 Å². The van der Waals surface area contributed by atoms with Crippen LogP contribution in [0, 0.1) is 11.6 Å². The highest BCUT2D eigenvalue weighted by molar-refractivity contribution is 5.81. The zero-order valence-corrected chi connectivity index (χ0v) is 32.1. The topological polar surface area (TPSA) is 58.9 Å². The summed E-state index contributed by atoms with van der Waals surface area (Å²) in [5.74, 6) is 0.458. The highest BCUT2D eigenvalue weighted by atomic mass is 19.1. The quantitative estimate of drug-likeness (QED) is 0.165. The number of aromatic hydroxyl groups is 2. The smallest absolute Gasteiger partial charge is 0.130 e. The molecule has 0 heterocycles. The molecule has 0 aliphatic rings. The summed E-state index contributed by atoms with van der Waals surface area (Å²) >= 11 is 0. The number of hydrogen-bond acceptors (Lipinski definition) is 4. The molecule has 0 saturated heterocycles. The first-order valence-electron chi connectivity index (χ1n) is 17.9. The molecular weight excluding hydrogens is 630 g/mol. The molecule has 4 aromatic carbocycles. The van der Waals surface area contributed by atoms with Crippen LogP contribution in [0.3, 0.4) is 0 Å². The van der Waals surface area contributed by atoms with E-state index in [1.54, 1.807) is 0 Å². The van der Waals surface area contributed by atoms with E-state index in [-0.39, 0.29) is 34.2 Å². The molecule has 0 amide bonds. The number of phenolic OH excluding ortho intramolecular Hbond substituents is 2. The Labute approximate surface area is 298 Å². The van der Waals surface area contributed by atoms with Gasteiger partial charge in [0.05, 0.1) is 13.2 Å². The number of phenols is 2. The van der Waals surface area contributed by atoms with Crippen molar-refractivity contribution in [2.24, 2.45) is 0 Å². The fraction of sp³-hybridized carbons (Fsp3) is 0.455. The Balaban J connectivity index is 1.93. The van der Waals surface area contributed by atoms with Crippen molar-refractivity contribution in [3.63, 3.8) is 0 Å². The van der Waals surface area contributed by atoms with Crippen molar-refractivity contribution in [3.05, 3.63) is 93.5 Å². The summed E-state index contributed by atoms with van der Waals surface area (Å²) < 4.78 is 42.5. The highest BCUT2D eigenvalue weighted by Gasteiger charge is 2.27. The molecule has 50 heavy (non-hydrogen) atoms. The normalized spacial score (nSPS) is 12.2. The van der Waals surface area contributed by atoms with Gasteiger partial charge in [-0.2, -0.15) is 0 Å². The molecular formula is C44H56F2O4. The second-order valence-electron chi connectivity index (χ2n) is 16.0. The average molecular weight is 687 g/mol. The summed E-state index contributed by atoms with van der Waals surface area (Å²) in [7, 11) is 0. The minimum Gasteiger partial charge on any atom is -0.507 e. The Morgan fingerprint density at radius 3 is 1.16 bits per heavy atom. The van der Waals surface area contributed by atoms with Crippen LogP contribution >= 0.6 is 0 Å². The molecule has 0 aromatic heterocycles. The zero-order valence-electron chi connectivity index (χ0n) is 32.1. The van der Waals surface area contributed by atoms with Crippen LogP contribution in [0.15, 0.2) is 48.5 Å². The predicted octanol–water partition coefficient (Wildman–Crippen LogP) is 12.1. The number of rotatable bonds is 11. The van der Waals surface area contributed by atoms with Gasteiger partial charge in [-0.15, -0.1) is 0 Å². The van der Waals surface area contributed by atoms with Crippen molar-refractivity contribution in [2.45, 2.75) is 119 Å². The molecule has 270 valence electrons. The monoisotopic (exact) mass is 686 g/mol. The molecule has 4 nitrogen and oxygen atoms in total. The van der Waals surface area contributed by atoms with Gasteiger partial charge in [-0.25, -0.2) is 8.78 Å². The zero-order chi connectivity index (χ0) is 37.3. The van der Waals surface area contributed by atoms with Crippen molar-refractivity contribution in [2.75, 3.05) is 13.2 Å². The molecule has 6 heteroatoms. The van der Waals surface area contributed by atoms with Gasteiger partial charge >= 0.3 is 0 Å². The van der Waals surface area contributed by atoms with Crippen molar-refractivity contribution in [1.29, 1.82) is 0 Å². The molecule has 0 unspecified atom stereocenters. The molecule has 2 N–H and O–H groups in total. The first-order chi connectivity index (χ1) is 23.3. The Kier molecular flexibility index (Phi) is 11.7. The van der Waals surface area contributed by atoms with Crippen molar-refractivity contribution in [3.8, 4) is 45.3 Å². The standard InChI is InChI=1S/C44H56F2O4/c1-13-49-41-33(25(3)4)21-31(45)23-37(41)35-19-29(43(7,8)9)17-27(39(35)47)15-16-28-18-30(44(10,11)12)20-36(40(28)48)38-24-32(46)22-34(26(5)6)42(38)50-14-2/h17-26,47-48H,13-16H2,1-12H3. The minimum atomic E-state index is -0.393. The Morgan fingerprint density at radius 1 is 0.540 bits per heavy atom. The van der Waals surface area contributed by atoms with E-state index in [2.05, 4.69) is 41.5 Å². The molecule has 0 atom stereocenters. The third-order valence-corrected chi connectivity index (χ3v) is 9.34. The molecule has 4 rings (SSSR count).